The number of hydrogen-bond acceptors (Lipinski definition) is 2. The first-order valence-electron chi connectivity index (χ1n) is 6.52. The number of halogens is 2. The molecule has 1 aromatic rings. The fourth-order valence-corrected chi connectivity index (χ4v) is 2.69. The van der Waals surface area contributed by atoms with Gasteiger partial charge in [0.1, 0.15) is 0 Å². The molecule has 1 unspecified atom stereocenters. The number of likely N-dealkylation sites (tertiary alicyclic amines) is 1. The van der Waals surface area contributed by atoms with Crippen LogP contribution in [0.15, 0.2) is 24.3 Å². The van der Waals surface area contributed by atoms with E-state index >= 15 is 0 Å². The molecule has 1 N–H and O–H groups in total. The number of aliphatic hydroxyl groups is 1. The molecular weight excluding hydrogens is 297 g/mol. The van der Waals surface area contributed by atoms with Gasteiger partial charge < -0.3 is 10.0 Å². The van der Waals surface area contributed by atoms with Gasteiger partial charge >= 0.3 is 0 Å². The van der Waals surface area contributed by atoms with E-state index in [1.165, 1.54) is 6.08 Å². The van der Waals surface area contributed by atoms with Crippen LogP contribution in [-0.2, 0) is 4.79 Å². The Morgan fingerprint density at radius 3 is 2.90 bits per heavy atom. The predicted molar refractivity (Wildman–Crippen MR) is 81.9 cm³/mol. The van der Waals surface area contributed by atoms with Crippen LogP contribution in [0.3, 0.4) is 0 Å². The zero-order chi connectivity index (χ0) is 14.8. The molecule has 1 aliphatic heterocycles. The SMILES string of the molecule is CC1(O)CCCN(C(=O)/C=C/c2cccc(Cl)c2Cl)C1. The van der Waals surface area contributed by atoms with Crippen LogP contribution in [0.5, 0.6) is 0 Å². The molecule has 0 bridgehead atoms. The van der Waals surface area contributed by atoms with Crippen molar-refractivity contribution in [3.8, 4) is 0 Å². The maximum Gasteiger partial charge on any atom is 0.246 e. The molecule has 0 saturated carbocycles. The van der Waals surface area contributed by atoms with Gasteiger partial charge in [-0.2, -0.15) is 0 Å². The average molecular weight is 314 g/mol. The van der Waals surface area contributed by atoms with Crippen LogP contribution >= 0.6 is 23.2 Å². The predicted octanol–water partition coefficient (Wildman–Crippen LogP) is 3.38. The number of carbonyl (C=O) groups is 1. The molecule has 0 spiro atoms. The lowest BCUT2D eigenvalue weighted by Crippen LogP contribution is -2.48. The number of hydrogen-bond donors (Lipinski definition) is 1. The first kappa shape index (κ1) is 15.4. The van der Waals surface area contributed by atoms with E-state index in [4.69, 9.17) is 23.2 Å². The van der Waals surface area contributed by atoms with Gasteiger partial charge in [-0.05, 0) is 37.5 Å². The van der Waals surface area contributed by atoms with Gasteiger partial charge in [-0.15, -0.1) is 0 Å². The largest absolute Gasteiger partial charge is 0.388 e. The minimum Gasteiger partial charge on any atom is -0.388 e. The van der Waals surface area contributed by atoms with Crippen molar-refractivity contribution in [3.63, 3.8) is 0 Å². The fraction of sp³-hybridized carbons (Fsp3) is 0.400. The molecule has 20 heavy (non-hydrogen) atoms. The van der Waals surface area contributed by atoms with Crippen molar-refractivity contribution in [3.05, 3.63) is 39.9 Å². The van der Waals surface area contributed by atoms with Crippen molar-refractivity contribution in [2.75, 3.05) is 13.1 Å². The number of β-amino-alcohol motifs (C(OH)–C–C–N with tert-alkyl or cyclic N) is 1. The van der Waals surface area contributed by atoms with Crippen molar-refractivity contribution in [1.82, 2.24) is 4.90 Å². The van der Waals surface area contributed by atoms with Crippen LogP contribution in [0.1, 0.15) is 25.3 Å². The Morgan fingerprint density at radius 2 is 2.20 bits per heavy atom. The standard InChI is InChI=1S/C15H17Cl2NO2/c1-15(20)8-3-9-18(10-15)13(19)7-6-11-4-2-5-12(16)14(11)17/h2,4-7,20H,3,8-10H2,1H3/b7-6+. The second-order valence-corrected chi connectivity index (χ2v) is 6.12. The van der Waals surface area contributed by atoms with Crippen molar-refractivity contribution in [2.24, 2.45) is 0 Å². The van der Waals surface area contributed by atoms with E-state index in [1.807, 2.05) is 0 Å². The minimum absolute atomic E-state index is 0.124. The van der Waals surface area contributed by atoms with Gasteiger partial charge in [-0.3, -0.25) is 4.79 Å². The fourth-order valence-electron chi connectivity index (χ4n) is 2.32. The number of benzene rings is 1. The summed E-state index contributed by atoms with van der Waals surface area (Å²) in [6, 6.07) is 5.28. The highest BCUT2D eigenvalue weighted by molar-refractivity contribution is 6.42. The monoisotopic (exact) mass is 313 g/mol. The highest BCUT2D eigenvalue weighted by atomic mass is 35.5. The molecule has 108 valence electrons. The van der Waals surface area contributed by atoms with Gasteiger partial charge in [0.2, 0.25) is 5.91 Å². The molecule has 0 aromatic heterocycles. The lowest BCUT2D eigenvalue weighted by molar-refractivity contribution is -0.132. The summed E-state index contributed by atoms with van der Waals surface area (Å²) in [5, 5.41) is 10.9. The van der Waals surface area contributed by atoms with E-state index in [-0.39, 0.29) is 5.91 Å². The molecule has 5 heteroatoms. The third kappa shape index (κ3) is 3.75. The van der Waals surface area contributed by atoms with E-state index in [9.17, 15) is 9.90 Å². The maximum absolute atomic E-state index is 12.1. The molecule has 1 aliphatic rings. The van der Waals surface area contributed by atoms with Crippen LogP contribution < -0.4 is 0 Å². The van der Waals surface area contributed by atoms with Gasteiger partial charge in [0.15, 0.2) is 0 Å². The van der Waals surface area contributed by atoms with Gasteiger partial charge in [-0.25, -0.2) is 0 Å². The first-order valence-corrected chi connectivity index (χ1v) is 7.28. The Balaban J connectivity index is 2.07. The smallest absolute Gasteiger partial charge is 0.246 e. The molecule has 1 atom stereocenters. The summed E-state index contributed by atoms with van der Waals surface area (Å²) in [6.07, 6.45) is 4.66. The Labute approximate surface area is 128 Å². The first-order chi connectivity index (χ1) is 9.39. The maximum atomic E-state index is 12.1. The average Bonchev–Trinajstić information content (AvgIpc) is 2.39. The van der Waals surface area contributed by atoms with Gasteiger partial charge in [0.25, 0.3) is 0 Å². The lowest BCUT2D eigenvalue weighted by Gasteiger charge is -2.36. The molecular formula is C15H17Cl2NO2. The zero-order valence-electron chi connectivity index (χ0n) is 11.3. The van der Waals surface area contributed by atoms with Crippen LogP contribution in [0.4, 0.5) is 0 Å². The van der Waals surface area contributed by atoms with Crippen LogP contribution in [0.25, 0.3) is 6.08 Å². The van der Waals surface area contributed by atoms with Gasteiger partial charge in [0, 0.05) is 19.2 Å². The van der Waals surface area contributed by atoms with Crippen molar-refractivity contribution in [2.45, 2.75) is 25.4 Å². The minimum atomic E-state index is -0.796. The van der Waals surface area contributed by atoms with Crippen molar-refractivity contribution >= 4 is 35.2 Å². The van der Waals surface area contributed by atoms with Crippen LogP contribution in [0, 0.1) is 0 Å². The Kier molecular flexibility index (Phi) is 4.74. The number of piperidine rings is 1. The molecule has 0 aliphatic carbocycles. The quantitative estimate of drug-likeness (QED) is 0.850. The second kappa shape index (κ2) is 6.17. The van der Waals surface area contributed by atoms with Gasteiger partial charge in [0.05, 0.1) is 15.6 Å². The molecule has 1 saturated heterocycles. The summed E-state index contributed by atoms with van der Waals surface area (Å²) in [6.45, 7) is 2.78. The third-order valence-electron chi connectivity index (χ3n) is 3.37. The molecule has 1 fully saturated rings. The van der Waals surface area contributed by atoms with E-state index in [0.717, 1.165) is 12.8 Å². The summed E-state index contributed by atoms with van der Waals surface area (Å²) in [7, 11) is 0. The molecule has 0 radical (unpaired) electrons. The zero-order valence-corrected chi connectivity index (χ0v) is 12.8. The lowest BCUT2D eigenvalue weighted by atomic mass is 9.95. The third-order valence-corrected chi connectivity index (χ3v) is 4.21. The Bertz CT molecular complexity index is 541. The number of amides is 1. The number of nitrogens with zero attached hydrogens (tertiary/aromatic N) is 1. The summed E-state index contributed by atoms with van der Waals surface area (Å²) in [5.41, 5.74) is -0.0913. The highest BCUT2D eigenvalue weighted by Gasteiger charge is 2.29. The van der Waals surface area contributed by atoms with Crippen LogP contribution in [-0.4, -0.2) is 34.6 Å². The summed E-state index contributed by atoms with van der Waals surface area (Å²) in [4.78, 5) is 13.8. The molecule has 3 nitrogen and oxygen atoms in total. The topological polar surface area (TPSA) is 40.5 Å². The molecule has 1 amide bonds. The summed E-state index contributed by atoms with van der Waals surface area (Å²) >= 11 is 12.0. The van der Waals surface area contributed by atoms with Crippen LogP contribution in [0.2, 0.25) is 10.0 Å². The van der Waals surface area contributed by atoms with Crippen molar-refractivity contribution < 1.29 is 9.90 Å². The van der Waals surface area contributed by atoms with E-state index in [1.54, 1.807) is 36.1 Å². The molecule has 2 rings (SSSR count). The Morgan fingerprint density at radius 1 is 1.45 bits per heavy atom. The molecule has 1 aromatic carbocycles. The Hall–Kier alpha value is -1.03. The second-order valence-electron chi connectivity index (χ2n) is 5.34. The summed E-state index contributed by atoms with van der Waals surface area (Å²) in [5.74, 6) is -0.124. The van der Waals surface area contributed by atoms with E-state index < -0.39 is 5.60 Å². The summed E-state index contributed by atoms with van der Waals surface area (Å²) < 4.78 is 0. The molecule has 1 heterocycles. The van der Waals surface area contributed by atoms with Gasteiger partial charge in [-0.1, -0.05) is 35.3 Å². The number of carbonyl (C=O) groups excluding carboxylic acids is 1. The normalized spacial score (nSPS) is 23.3. The van der Waals surface area contributed by atoms with E-state index in [0.29, 0.717) is 28.7 Å². The van der Waals surface area contributed by atoms with E-state index in [2.05, 4.69) is 0 Å². The van der Waals surface area contributed by atoms with Crippen molar-refractivity contribution in [1.29, 1.82) is 0 Å². The number of rotatable bonds is 2. The highest BCUT2D eigenvalue weighted by Crippen LogP contribution is 2.26.